The van der Waals surface area contributed by atoms with E-state index >= 15 is 0 Å². The Morgan fingerprint density at radius 3 is 2.65 bits per heavy atom. The molecule has 0 bridgehead atoms. The number of hydrogen-bond acceptors (Lipinski definition) is 3. The van der Waals surface area contributed by atoms with Gasteiger partial charge < -0.3 is 15.0 Å². The molecular weight excluding hydrogens is 319 g/mol. The smallest absolute Gasteiger partial charge is 0.263 e. The lowest BCUT2D eigenvalue weighted by atomic mass is 9.93. The summed E-state index contributed by atoms with van der Waals surface area (Å²) in [5.41, 5.74) is 0. The average Bonchev–Trinajstić information content (AvgIpc) is 2.55. The van der Waals surface area contributed by atoms with Crippen molar-refractivity contribution in [1.82, 2.24) is 10.2 Å². The van der Waals surface area contributed by atoms with Crippen LogP contribution in [-0.2, 0) is 4.79 Å². The standard InChI is InChI=1S/C17H25FN2O2.ClH/c1-13(22-16-6-4-3-5-15(16)18)17(21)20-11-8-14(9-12-20)7-10-19-2;/h3-6,13-14,19H,7-12H2,1-2H3;1H. The van der Waals surface area contributed by atoms with E-state index in [4.69, 9.17) is 4.74 Å². The van der Waals surface area contributed by atoms with Crippen molar-refractivity contribution < 1.29 is 13.9 Å². The molecule has 1 saturated heterocycles. The van der Waals surface area contributed by atoms with Crippen LogP contribution in [0.4, 0.5) is 4.39 Å². The van der Waals surface area contributed by atoms with Gasteiger partial charge in [0, 0.05) is 13.1 Å². The molecule has 1 aromatic rings. The van der Waals surface area contributed by atoms with E-state index in [1.54, 1.807) is 25.1 Å². The summed E-state index contributed by atoms with van der Waals surface area (Å²) in [6, 6.07) is 6.18. The van der Waals surface area contributed by atoms with Crippen LogP contribution in [-0.4, -0.2) is 43.6 Å². The number of rotatable bonds is 6. The lowest BCUT2D eigenvalue weighted by Crippen LogP contribution is -2.45. The number of nitrogens with zero attached hydrogens (tertiary/aromatic N) is 1. The predicted molar refractivity (Wildman–Crippen MR) is 91.6 cm³/mol. The summed E-state index contributed by atoms with van der Waals surface area (Å²) in [5.74, 6) is 0.315. The number of halogens is 2. The van der Waals surface area contributed by atoms with Crippen molar-refractivity contribution in [2.75, 3.05) is 26.7 Å². The lowest BCUT2D eigenvalue weighted by molar-refractivity contribution is -0.139. The zero-order chi connectivity index (χ0) is 15.9. The van der Waals surface area contributed by atoms with Gasteiger partial charge in [0.1, 0.15) is 0 Å². The fraction of sp³-hybridized carbons (Fsp3) is 0.588. The van der Waals surface area contributed by atoms with Gasteiger partial charge in [0.25, 0.3) is 5.91 Å². The molecule has 1 fully saturated rings. The number of carbonyl (C=O) groups is 1. The third-order valence-corrected chi connectivity index (χ3v) is 4.22. The summed E-state index contributed by atoms with van der Waals surface area (Å²) in [4.78, 5) is 14.2. The molecule has 1 unspecified atom stereocenters. The van der Waals surface area contributed by atoms with Crippen LogP contribution in [0.2, 0.25) is 0 Å². The van der Waals surface area contributed by atoms with Crippen molar-refractivity contribution in [2.24, 2.45) is 5.92 Å². The van der Waals surface area contributed by atoms with Gasteiger partial charge in [0.15, 0.2) is 17.7 Å². The van der Waals surface area contributed by atoms with E-state index in [1.807, 2.05) is 11.9 Å². The molecule has 0 saturated carbocycles. The van der Waals surface area contributed by atoms with Gasteiger partial charge in [0.05, 0.1) is 0 Å². The van der Waals surface area contributed by atoms with Gasteiger partial charge in [-0.15, -0.1) is 12.4 Å². The van der Waals surface area contributed by atoms with Crippen LogP contribution >= 0.6 is 12.4 Å². The van der Waals surface area contributed by atoms with Crippen molar-refractivity contribution in [1.29, 1.82) is 0 Å². The Morgan fingerprint density at radius 2 is 2.04 bits per heavy atom. The molecule has 0 radical (unpaired) electrons. The number of hydrogen-bond donors (Lipinski definition) is 1. The summed E-state index contributed by atoms with van der Waals surface area (Å²) in [6.45, 7) is 4.23. The number of carbonyl (C=O) groups excluding carboxylic acids is 1. The maximum Gasteiger partial charge on any atom is 0.263 e. The highest BCUT2D eigenvalue weighted by molar-refractivity contribution is 5.85. The molecule has 1 heterocycles. The first kappa shape index (κ1) is 19.7. The summed E-state index contributed by atoms with van der Waals surface area (Å²) in [5, 5.41) is 3.16. The molecule has 4 nitrogen and oxygen atoms in total. The Kier molecular flexibility index (Phi) is 8.34. The number of likely N-dealkylation sites (tertiary alicyclic amines) is 1. The van der Waals surface area contributed by atoms with Crippen LogP contribution in [0.3, 0.4) is 0 Å². The average molecular weight is 345 g/mol. The quantitative estimate of drug-likeness (QED) is 0.862. The normalized spacial score (nSPS) is 16.6. The SMILES string of the molecule is CNCCC1CCN(C(=O)C(C)Oc2ccccc2F)CC1.Cl. The molecule has 1 aliphatic heterocycles. The summed E-state index contributed by atoms with van der Waals surface area (Å²) >= 11 is 0. The minimum Gasteiger partial charge on any atom is -0.478 e. The van der Waals surface area contributed by atoms with Crippen LogP contribution in [0.5, 0.6) is 5.75 Å². The van der Waals surface area contributed by atoms with Gasteiger partial charge in [-0.1, -0.05) is 12.1 Å². The molecular formula is C17H26ClFN2O2. The van der Waals surface area contributed by atoms with Crippen molar-refractivity contribution in [3.63, 3.8) is 0 Å². The number of benzene rings is 1. The van der Waals surface area contributed by atoms with E-state index in [9.17, 15) is 9.18 Å². The second-order valence-corrected chi connectivity index (χ2v) is 5.85. The zero-order valence-corrected chi connectivity index (χ0v) is 14.6. The Morgan fingerprint density at radius 1 is 1.39 bits per heavy atom. The van der Waals surface area contributed by atoms with Gasteiger partial charge in [-0.3, -0.25) is 4.79 Å². The summed E-state index contributed by atoms with van der Waals surface area (Å²) in [7, 11) is 1.96. The largest absolute Gasteiger partial charge is 0.478 e. The molecule has 6 heteroatoms. The van der Waals surface area contributed by atoms with E-state index in [1.165, 1.54) is 6.07 Å². The maximum atomic E-state index is 13.6. The van der Waals surface area contributed by atoms with Crippen LogP contribution in [0.1, 0.15) is 26.2 Å². The second kappa shape index (κ2) is 9.73. The number of nitrogens with one attached hydrogen (secondary N) is 1. The van der Waals surface area contributed by atoms with Gasteiger partial charge in [-0.05, 0) is 57.8 Å². The third kappa shape index (κ3) is 5.66. The van der Waals surface area contributed by atoms with Crippen LogP contribution < -0.4 is 10.1 Å². The molecule has 1 amide bonds. The minimum atomic E-state index is -0.661. The number of ether oxygens (including phenoxy) is 1. The molecule has 1 aliphatic rings. The Labute approximate surface area is 143 Å². The molecule has 2 rings (SSSR count). The first-order valence-electron chi connectivity index (χ1n) is 7.96. The molecule has 1 N–H and O–H groups in total. The fourth-order valence-corrected chi connectivity index (χ4v) is 2.83. The second-order valence-electron chi connectivity index (χ2n) is 5.85. The highest BCUT2D eigenvalue weighted by Crippen LogP contribution is 2.22. The minimum absolute atomic E-state index is 0. The summed E-state index contributed by atoms with van der Waals surface area (Å²) < 4.78 is 19.0. The Bertz CT molecular complexity index is 493. The van der Waals surface area contributed by atoms with Crippen LogP contribution in [0, 0.1) is 11.7 Å². The number of piperidine rings is 1. The summed E-state index contributed by atoms with van der Waals surface area (Å²) in [6.07, 6.45) is 2.55. The van der Waals surface area contributed by atoms with Crippen molar-refractivity contribution in [3.05, 3.63) is 30.1 Å². The Hall–Kier alpha value is -1.33. The molecule has 23 heavy (non-hydrogen) atoms. The highest BCUT2D eigenvalue weighted by Gasteiger charge is 2.27. The maximum absolute atomic E-state index is 13.6. The molecule has 1 atom stereocenters. The third-order valence-electron chi connectivity index (χ3n) is 4.22. The monoisotopic (exact) mass is 344 g/mol. The molecule has 0 aliphatic carbocycles. The van der Waals surface area contributed by atoms with E-state index in [2.05, 4.69) is 5.32 Å². The van der Waals surface area contributed by atoms with Gasteiger partial charge in [-0.2, -0.15) is 0 Å². The highest BCUT2D eigenvalue weighted by atomic mass is 35.5. The fourth-order valence-electron chi connectivity index (χ4n) is 2.83. The zero-order valence-electron chi connectivity index (χ0n) is 13.8. The van der Waals surface area contributed by atoms with Crippen molar-refractivity contribution in [2.45, 2.75) is 32.3 Å². The van der Waals surface area contributed by atoms with E-state index in [0.29, 0.717) is 5.92 Å². The van der Waals surface area contributed by atoms with Crippen molar-refractivity contribution in [3.8, 4) is 5.75 Å². The first-order valence-corrected chi connectivity index (χ1v) is 7.96. The molecule has 0 spiro atoms. The number of para-hydroxylation sites is 1. The van der Waals surface area contributed by atoms with Crippen molar-refractivity contribution >= 4 is 18.3 Å². The molecule has 130 valence electrons. The van der Waals surface area contributed by atoms with E-state index in [-0.39, 0.29) is 24.1 Å². The Balaban J connectivity index is 0.00000264. The van der Waals surface area contributed by atoms with Crippen LogP contribution in [0.15, 0.2) is 24.3 Å². The van der Waals surface area contributed by atoms with Gasteiger partial charge >= 0.3 is 0 Å². The van der Waals surface area contributed by atoms with E-state index in [0.717, 1.165) is 38.9 Å². The molecule has 1 aromatic carbocycles. The van der Waals surface area contributed by atoms with Crippen LogP contribution in [0.25, 0.3) is 0 Å². The molecule has 0 aromatic heterocycles. The lowest BCUT2D eigenvalue weighted by Gasteiger charge is -2.33. The predicted octanol–water partition coefficient (Wildman–Crippen LogP) is 2.86. The van der Waals surface area contributed by atoms with Gasteiger partial charge in [0.2, 0.25) is 0 Å². The topological polar surface area (TPSA) is 41.6 Å². The number of amides is 1. The van der Waals surface area contributed by atoms with Gasteiger partial charge in [-0.25, -0.2) is 4.39 Å². The van der Waals surface area contributed by atoms with E-state index < -0.39 is 11.9 Å². The first-order chi connectivity index (χ1) is 10.6.